The fraction of sp³-hybridized carbons (Fsp3) is 0.250. The molecule has 0 saturated carbocycles. The van der Waals surface area contributed by atoms with Gasteiger partial charge in [0.15, 0.2) is 11.6 Å². The third-order valence-corrected chi connectivity index (χ3v) is 2.90. The van der Waals surface area contributed by atoms with E-state index in [-0.39, 0.29) is 11.2 Å². The summed E-state index contributed by atoms with van der Waals surface area (Å²) < 4.78 is 19.1. The molecule has 0 atom stereocenters. The summed E-state index contributed by atoms with van der Waals surface area (Å²) >= 11 is 0. The number of nitrogen functional groups attached to an aromatic ring is 1. The molecule has 0 heterocycles. The highest BCUT2D eigenvalue weighted by atomic mass is 19.1. The Morgan fingerprint density at radius 1 is 1.00 bits per heavy atom. The van der Waals surface area contributed by atoms with E-state index in [1.807, 2.05) is 24.3 Å². The van der Waals surface area contributed by atoms with Crippen molar-refractivity contribution < 1.29 is 9.13 Å². The van der Waals surface area contributed by atoms with Gasteiger partial charge in [0.05, 0.1) is 0 Å². The lowest BCUT2D eigenvalue weighted by Crippen LogP contribution is -2.10. The Bertz CT molecular complexity index is 570. The lowest BCUT2D eigenvalue weighted by atomic mass is 9.87. The van der Waals surface area contributed by atoms with Gasteiger partial charge >= 0.3 is 0 Å². The van der Waals surface area contributed by atoms with Crippen molar-refractivity contribution >= 4 is 5.69 Å². The topological polar surface area (TPSA) is 35.2 Å². The second-order valence-corrected chi connectivity index (χ2v) is 5.57. The molecule has 0 aliphatic rings. The minimum atomic E-state index is -0.458. The Hall–Kier alpha value is -2.03. The van der Waals surface area contributed by atoms with Crippen molar-refractivity contribution in [2.45, 2.75) is 26.2 Å². The zero-order chi connectivity index (χ0) is 14.0. The smallest absolute Gasteiger partial charge is 0.167 e. The van der Waals surface area contributed by atoms with Crippen LogP contribution >= 0.6 is 0 Å². The van der Waals surface area contributed by atoms with E-state index in [0.29, 0.717) is 11.4 Å². The first-order valence-electron chi connectivity index (χ1n) is 6.20. The number of anilines is 1. The highest BCUT2D eigenvalue weighted by molar-refractivity contribution is 5.44. The number of benzene rings is 2. The van der Waals surface area contributed by atoms with Crippen LogP contribution in [0.4, 0.5) is 10.1 Å². The lowest BCUT2D eigenvalue weighted by molar-refractivity contribution is 0.442. The normalized spacial score (nSPS) is 11.4. The van der Waals surface area contributed by atoms with Crippen LogP contribution in [0.15, 0.2) is 42.5 Å². The van der Waals surface area contributed by atoms with E-state index >= 15 is 0 Å². The van der Waals surface area contributed by atoms with E-state index < -0.39 is 5.82 Å². The fourth-order valence-corrected chi connectivity index (χ4v) is 1.75. The van der Waals surface area contributed by atoms with Crippen molar-refractivity contribution in [1.29, 1.82) is 0 Å². The molecule has 2 nitrogen and oxygen atoms in total. The molecule has 0 unspecified atom stereocenters. The summed E-state index contributed by atoms with van der Waals surface area (Å²) in [6.07, 6.45) is 0. The maximum absolute atomic E-state index is 13.6. The molecule has 0 bridgehead atoms. The van der Waals surface area contributed by atoms with Crippen LogP contribution in [0.25, 0.3) is 0 Å². The fourth-order valence-electron chi connectivity index (χ4n) is 1.75. The van der Waals surface area contributed by atoms with E-state index in [1.165, 1.54) is 17.7 Å². The monoisotopic (exact) mass is 259 g/mol. The Balaban J connectivity index is 2.20. The summed E-state index contributed by atoms with van der Waals surface area (Å²) in [7, 11) is 0. The number of ether oxygens (including phenoxy) is 1. The van der Waals surface area contributed by atoms with E-state index in [9.17, 15) is 4.39 Å². The van der Waals surface area contributed by atoms with Gasteiger partial charge in [0.2, 0.25) is 0 Å². The van der Waals surface area contributed by atoms with E-state index in [1.54, 1.807) is 6.07 Å². The predicted molar refractivity (Wildman–Crippen MR) is 76.0 cm³/mol. The molecule has 3 heteroatoms. The minimum Gasteiger partial charge on any atom is -0.454 e. The van der Waals surface area contributed by atoms with Crippen molar-refractivity contribution in [2.75, 3.05) is 5.73 Å². The van der Waals surface area contributed by atoms with Gasteiger partial charge in [-0.05, 0) is 35.2 Å². The molecule has 0 aromatic heterocycles. The first kappa shape index (κ1) is 13.4. The molecule has 0 aliphatic carbocycles. The zero-order valence-corrected chi connectivity index (χ0v) is 11.4. The maximum Gasteiger partial charge on any atom is 0.167 e. The molecular weight excluding hydrogens is 241 g/mol. The first-order chi connectivity index (χ1) is 8.86. The minimum absolute atomic E-state index is 0.0883. The zero-order valence-electron chi connectivity index (χ0n) is 11.4. The second-order valence-electron chi connectivity index (χ2n) is 5.57. The van der Waals surface area contributed by atoms with Gasteiger partial charge in [0.1, 0.15) is 5.75 Å². The van der Waals surface area contributed by atoms with Gasteiger partial charge in [-0.25, -0.2) is 4.39 Å². The van der Waals surface area contributed by atoms with Crippen LogP contribution in [0.3, 0.4) is 0 Å². The number of hydrogen-bond donors (Lipinski definition) is 1. The maximum atomic E-state index is 13.6. The molecule has 2 N–H and O–H groups in total. The van der Waals surface area contributed by atoms with Gasteiger partial charge < -0.3 is 10.5 Å². The highest BCUT2D eigenvalue weighted by Crippen LogP contribution is 2.28. The molecule has 0 radical (unpaired) electrons. The standard InChI is InChI=1S/C16H18FNO/c1-16(2,3)11-4-7-13(8-5-11)19-15-9-6-12(18)10-14(15)17/h4-10H,18H2,1-3H3. The van der Waals surface area contributed by atoms with Gasteiger partial charge in [-0.2, -0.15) is 0 Å². The quantitative estimate of drug-likeness (QED) is 0.806. The number of nitrogens with two attached hydrogens (primary N) is 1. The Labute approximate surface area is 113 Å². The second kappa shape index (κ2) is 4.92. The molecule has 100 valence electrons. The third-order valence-electron chi connectivity index (χ3n) is 2.90. The molecule has 0 fully saturated rings. The SMILES string of the molecule is CC(C)(C)c1ccc(Oc2ccc(N)cc2F)cc1. The van der Waals surface area contributed by atoms with Crippen molar-refractivity contribution in [2.24, 2.45) is 0 Å². The number of halogens is 1. The van der Waals surface area contributed by atoms with Gasteiger partial charge in [-0.1, -0.05) is 32.9 Å². The predicted octanol–water partition coefficient (Wildman–Crippen LogP) is 4.50. The molecule has 0 saturated heterocycles. The Morgan fingerprint density at radius 3 is 2.16 bits per heavy atom. The van der Waals surface area contributed by atoms with Crippen molar-refractivity contribution in [3.05, 3.63) is 53.8 Å². The van der Waals surface area contributed by atoms with Crippen molar-refractivity contribution in [3.8, 4) is 11.5 Å². The van der Waals surface area contributed by atoms with Gasteiger partial charge in [0.25, 0.3) is 0 Å². The Morgan fingerprint density at radius 2 is 1.63 bits per heavy atom. The molecule has 2 aromatic carbocycles. The molecule has 2 aromatic rings. The van der Waals surface area contributed by atoms with Gasteiger partial charge in [-0.15, -0.1) is 0 Å². The summed E-state index contributed by atoms with van der Waals surface area (Å²) in [6.45, 7) is 6.42. The average Bonchev–Trinajstić information content (AvgIpc) is 2.32. The molecule has 19 heavy (non-hydrogen) atoms. The largest absolute Gasteiger partial charge is 0.454 e. The van der Waals surface area contributed by atoms with Crippen molar-refractivity contribution in [1.82, 2.24) is 0 Å². The van der Waals surface area contributed by atoms with Crippen LogP contribution in [0.1, 0.15) is 26.3 Å². The molecule has 0 aliphatic heterocycles. The van der Waals surface area contributed by atoms with Crippen molar-refractivity contribution in [3.63, 3.8) is 0 Å². The highest BCUT2D eigenvalue weighted by Gasteiger charge is 2.13. The van der Waals surface area contributed by atoms with E-state index in [2.05, 4.69) is 20.8 Å². The van der Waals surface area contributed by atoms with Crippen LogP contribution in [-0.2, 0) is 5.41 Å². The lowest BCUT2D eigenvalue weighted by Gasteiger charge is -2.19. The summed E-state index contributed by atoms with van der Waals surface area (Å²) in [5.74, 6) is 0.328. The van der Waals surface area contributed by atoms with Crippen LogP contribution in [0, 0.1) is 5.82 Å². The van der Waals surface area contributed by atoms with Crippen LogP contribution in [0.5, 0.6) is 11.5 Å². The Kier molecular flexibility index (Phi) is 3.47. The number of rotatable bonds is 2. The van der Waals surface area contributed by atoms with E-state index in [4.69, 9.17) is 10.5 Å². The van der Waals surface area contributed by atoms with Crippen LogP contribution < -0.4 is 10.5 Å². The van der Waals surface area contributed by atoms with Gasteiger partial charge in [-0.3, -0.25) is 0 Å². The first-order valence-corrected chi connectivity index (χ1v) is 6.20. The summed E-state index contributed by atoms with van der Waals surface area (Å²) in [4.78, 5) is 0. The van der Waals surface area contributed by atoms with Crippen LogP contribution in [0.2, 0.25) is 0 Å². The summed E-state index contributed by atoms with van der Waals surface area (Å²) in [5.41, 5.74) is 7.17. The molecule has 0 spiro atoms. The number of hydrogen-bond acceptors (Lipinski definition) is 2. The molecule has 0 amide bonds. The molecular formula is C16H18FNO. The van der Waals surface area contributed by atoms with E-state index in [0.717, 1.165) is 0 Å². The summed E-state index contributed by atoms with van der Waals surface area (Å²) in [5, 5.41) is 0. The van der Waals surface area contributed by atoms with Crippen LogP contribution in [-0.4, -0.2) is 0 Å². The van der Waals surface area contributed by atoms with Gasteiger partial charge in [0, 0.05) is 11.8 Å². The third kappa shape index (κ3) is 3.25. The summed E-state index contributed by atoms with van der Waals surface area (Å²) in [6, 6.07) is 12.1. The molecule has 2 rings (SSSR count). The average molecular weight is 259 g/mol.